The first-order valence-corrected chi connectivity index (χ1v) is 13.1. The fourth-order valence-corrected chi connectivity index (χ4v) is 7.29. The maximum Gasteiger partial charge on any atom is 0.0547 e. The average molecular weight is 479 g/mol. The lowest BCUT2D eigenvalue weighted by Gasteiger charge is -2.11. The molecule has 0 aliphatic rings. The summed E-state index contributed by atoms with van der Waals surface area (Å²) in [7, 11) is 0. The predicted molar refractivity (Wildman–Crippen MR) is 157 cm³/mol. The molecule has 2 aromatic heterocycles. The average Bonchev–Trinajstić information content (AvgIpc) is 3.49. The SMILES string of the molecule is NCc1cccc(-n2c3ccccc3c3c4c(ccc32)c2ccccc2c2sc3ccccc3c24)c1. The Hall–Kier alpha value is -4.18. The maximum atomic E-state index is 6.02. The lowest BCUT2D eigenvalue weighted by atomic mass is 9.94. The van der Waals surface area contributed by atoms with Crippen molar-refractivity contribution < 1.29 is 0 Å². The highest BCUT2D eigenvalue weighted by atomic mass is 32.1. The highest BCUT2D eigenvalue weighted by molar-refractivity contribution is 7.27. The Morgan fingerprint density at radius 3 is 2.17 bits per heavy atom. The Kier molecular flexibility index (Phi) is 4.13. The molecular weight excluding hydrogens is 456 g/mol. The zero-order chi connectivity index (χ0) is 23.8. The molecule has 0 radical (unpaired) electrons. The largest absolute Gasteiger partial charge is 0.326 e. The smallest absolute Gasteiger partial charge is 0.0547 e. The molecule has 8 aromatic rings. The molecule has 8 rings (SSSR count). The van der Waals surface area contributed by atoms with E-state index < -0.39 is 0 Å². The molecule has 6 aromatic carbocycles. The van der Waals surface area contributed by atoms with E-state index in [4.69, 9.17) is 5.73 Å². The van der Waals surface area contributed by atoms with E-state index in [-0.39, 0.29) is 0 Å². The molecule has 0 spiro atoms. The van der Waals surface area contributed by atoms with Gasteiger partial charge in [-0.1, -0.05) is 78.9 Å². The van der Waals surface area contributed by atoms with Gasteiger partial charge >= 0.3 is 0 Å². The van der Waals surface area contributed by atoms with Crippen molar-refractivity contribution >= 4 is 74.9 Å². The number of fused-ring (bicyclic) bond motifs is 12. The minimum absolute atomic E-state index is 0.529. The van der Waals surface area contributed by atoms with E-state index in [9.17, 15) is 0 Å². The normalized spacial score (nSPS) is 12.1. The summed E-state index contributed by atoms with van der Waals surface area (Å²) in [5.41, 5.74) is 10.7. The van der Waals surface area contributed by atoms with Gasteiger partial charge in [0.15, 0.2) is 0 Å². The van der Waals surface area contributed by atoms with E-state index in [1.807, 2.05) is 11.3 Å². The minimum Gasteiger partial charge on any atom is -0.326 e. The quantitative estimate of drug-likeness (QED) is 0.247. The van der Waals surface area contributed by atoms with Crippen molar-refractivity contribution in [1.82, 2.24) is 4.57 Å². The van der Waals surface area contributed by atoms with Gasteiger partial charge in [0.25, 0.3) is 0 Å². The fraction of sp³-hybridized carbons (Fsp3) is 0.0303. The van der Waals surface area contributed by atoms with Crippen LogP contribution in [0.4, 0.5) is 0 Å². The van der Waals surface area contributed by atoms with E-state index in [1.54, 1.807) is 0 Å². The monoisotopic (exact) mass is 478 g/mol. The highest BCUT2D eigenvalue weighted by Gasteiger charge is 2.20. The third kappa shape index (κ3) is 2.59. The topological polar surface area (TPSA) is 30.9 Å². The van der Waals surface area contributed by atoms with E-state index >= 15 is 0 Å². The molecule has 2 nitrogen and oxygen atoms in total. The van der Waals surface area contributed by atoms with E-state index in [2.05, 4.69) is 114 Å². The Morgan fingerprint density at radius 2 is 1.31 bits per heavy atom. The zero-order valence-corrected chi connectivity index (χ0v) is 20.3. The standard InChI is InChI=1S/C33H22N2S/c34-19-20-8-7-9-21(18-20)35-27-14-5-3-12-25(27)30-28(35)17-16-23-22-10-1-2-11-24(22)33-32(31(23)30)26-13-4-6-15-29(26)36-33/h1-18H,19,34H2. The van der Waals surface area contributed by atoms with Crippen LogP contribution in [0, 0.1) is 0 Å². The van der Waals surface area contributed by atoms with Crippen LogP contribution >= 0.6 is 11.3 Å². The van der Waals surface area contributed by atoms with Gasteiger partial charge in [-0.2, -0.15) is 0 Å². The molecule has 0 unspecified atom stereocenters. The van der Waals surface area contributed by atoms with Gasteiger partial charge in [0.05, 0.1) is 11.0 Å². The Balaban J connectivity index is 1.69. The molecule has 170 valence electrons. The summed E-state index contributed by atoms with van der Waals surface area (Å²) in [5, 5.41) is 10.6. The van der Waals surface area contributed by atoms with Crippen molar-refractivity contribution in [3.8, 4) is 5.69 Å². The first-order chi connectivity index (χ1) is 17.8. The van der Waals surface area contributed by atoms with Gasteiger partial charge in [0, 0.05) is 53.9 Å². The van der Waals surface area contributed by atoms with Crippen LogP contribution in [0.25, 0.3) is 69.2 Å². The van der Waals surface area contributed by atoms with Gasteiger partial charge in [-0.05, 0) is 46.7 Å². The van der Waals surface area contributed by atoms with Gasteiger partial charge < -0.3 is 10.3 Å². The molecule has 0 aliphatic carbocycles. The van der Waals surface area contributed by atoms with E-state index in [0.717, 1.165) is 11.3 Å². The van der Waals surface area contributed by atoms with Crippen molar-refractivity contribution in [2.45, 2.75) is 6.54 Å². The van der Waals surface area contributed by atoms with Gasteiger partial charge in [-0.25, -0.2) is 0 Å². The zero-order valence-electron chi connectivity index (χ0n) is 19.5. The minimum atomic E-state index is 0.529. The lowest BCUT2D eigenvalue weighted by molar-refractivity contribution is 1.06. The number of nitrogens with two attached hydrogens (primary N) is 1. The molecule has 2 heterocycles. The summed E-state index contributed by atoms with van der Waals surface area (Å²) >= 11 is 1.91. The van der Waals surface area contributed by atoms with Crippen molar-refractivity contribution in [2.24, 2.45) is 5.73 Å². The van der Waals surface area contributed by atoms with Crippen LogP contribution in [0.3, 0.4) is 0 Å². The Labute approximate surface area is 211 Å². The summed E-state index contributed by atoms with van der Waals surface area (Å²) in [6.07, 6.45) is 0. The molecule has 0 amide bonds. The number of rotatable bonds is 2. The second-order valence-corrected chi connectivity index (χ2v) is 10.5. The van der Waals surface area contributed by atoms with Crippen LogP contribution in [-0.4, -0.2) is 4.57 Å². The van der Waals surface area contributed by atoms with Crippen molar-refractivity contribution in [3.05, 3.63) is 115 Å². The highest BCUT2D eigenvalue weighted by Crippen LogP contribution is 2.48. The second kappa shape index (κ2) is 7.41. The summed E-state index contributed by atoms with van der Waals surface area (Å²) in [6, 6.07) is 39.8. The third-order valence-electron chi connectivity index (χ3n) is 7.55. The molecule has 0 aliphatic heterocycles. The first-order valence-electron chi connectivity index (χ1n) is 12.3. The molecule has 0 saturated carbocycles. The lowest BCUT2D eigenvalue weighted by Crippen LogP contribution is -1.99. The van der Waals surface area contributed by atoms with Gasteiger partial charge in [-0.3, -0.25) is 0 Å². The first kappa shape index (κ1) is 20.1. The number of aromatic nitrogens is 1. The Bertz CT molecular complexity index is 2150. The van der Waals surface area contributed by atoms with Crippen molar-refractivity contribution in [1.29, 1.82) is 0 Å². The number of para-hydroxylation sites is 1. The Morgan fingerprint density at radius 1 is 0.556 bits per heavy atom. The second-order valence-electron chi connectivity index (χ2n) is 9.46. The maximum absolute atomic E-state index is 6.02. The van der Waals surface area contributed by atoms with Gasteiger partial charge in [0.2, 0.25) is 0 Å². The van der Waals surface area contributed by atoms with Crippen molar-refractivity contribution in [2.75, 3.05) is 0 Å². The van der Waals surface area contributed by atoms with Gasteiger partial charge in [-0.15, -0.1) is 11.3 Å². The molecule has 36 heavy (non-hydrogen) atoms. The van der Waals surface area contributed by atoms with E-state index in [0.29, 0.717) is 6.54 Å². The molecule has 0 bridgehead atoms. The molecule has 0 atom stereocenters. The number of nitrogens with zero attached hydrogens (tertiary/aromatic N) is 1. The van der Waals surface area contributed by atoms with E-state index in [1.165, 1.54) is 63.5 Å². The molecule has 3 heteroatoms. The van der Waals surface area contributed by atoms with Crippen LogP contribution in [-0.2, 0) is 6.54 Å². The summed E-state index contributed by atoms with van der Waals surface area (Å²) in [6.45, 7) is 0.529. The summed E-state index contributed by atoms with van der Waals surface area (Å²) < 4.78 is 5.11. The number of hydrogen-bond acceptors (Lipinski definition) is 2. The summed E-state index contributed by atoms with van der Waals surface area (Å²) in [5.74, 6) is 0. The molecule has 0 fully saturated rings. The number of hydrogen-bond donors (Lipinski definition) is 1. The van der Waals surface area contributed by atoms with Crippen LogP contribution in [0.15, 0.2) is 109 Å². The fourth-order valence-electron chi connectivity index (χ4n) is 6.04. The number of benzene rings is 6. The predicted octanol–water partition coefficient (Wildman–Crippen LogP) is 8.92. The van der Waals surface area contributed by atoms with Crippen LogP contribution in [0.2, 0.25) is 0 Å². The van der Waals surface area contributed by atoms with Crippen LogP contribution in [0.5, 0.6) is 0 Å². The van der Waals surface area contributed by atoms with Crippen LogP contribution in [0.1, 0.15) is 5.56 Å². The molecular formula is C33H22N2S. The third-order valence-corrected chi connectivity index (χ3v) is 8.75. The molecule has 2 N–H and O–H groups in total. The summed E-state index contributed by atoms with van der Waals surface area (Å²) in [4.78, 5) is 0. The molecule has 0 saturated heterocycles. The van der Waals surface area contributed by atoms with Crippen LogP contribution < -0.4 is 5.73 Å². The van der Waals surface area contributed by atoms with Crippen molar-refractivity contribution in [3.63, 3.8) is 0 Å². The number of thiophene rings is 1. The van der Waals surface area contributed by atoms with Gasteiger partial charge in [0.1, 0.15) is 0 Å².